The van der Waals surface area contributed by atoms with Crippen molar-refractivity contribution in [2.75, 3.05) is 25.0 Å². The van der Waals surface area contributed by atoms with E-state index in [9.17, 15) is 22.8 Å². The van der Waals surface area contributed by atoms with E-state index in [1.807, 2.05) is 24.3 Å². The maximum atomic E-state index is 12.5. The molecule has 0 spiro atoms. The van der Waals surface area contributed by atoms with Gasteiger partial charge in [-0.05, 0) is 30.9 Å². The van der Waals surface area contributed by atoms with Crippen LogP contribution >= 0.6 is 0 Å². The van der Waals surface area contributed by atoms with E-state index in [1.54, 1.807) is 0 Å². The lowest BCUT2D eigenvalue weighted by atomic mass is 9.95. The Labute approximate surface area is 150 Å². The fourth-order valence-corrected chi connectivity index (χ4v) is 2.92. The van der Waals surface area contributed by atoms with Gasteiger partial charge in [-0.1, -0.05) is 31.5 Å². The Morgan fingerprint density at radius 3 is 2.50 bits per heavy atom. The van der Waals surface area contributed by atoms with Gasteiger partial charge in [-0.15, -0.1) is 0 Å². The predicted octanol–water partition coefficient (Wildman–Crippen LogP) is 3.99. The normalized spacial score (nSPS) is 15.6. The summed E-state index contributed by atoms with van der Waals surface area (Å²) in [7, 11) is 0. The maximum Gasteiger partial charge on any atom is 0.422 e. The molecule has 0 aromatic heterocycles. The number of halogens is 3. The number of hydrogen-bond acceptors (Lipinski definition) is 3. The number of para-hydroxylation sites is 1. The summed E-state index contributed by atoms with van der Waals surface area (Å²) in [6, 6.07) is 7.60. The number of rotatable bonds is 5. The third-order valence-corrected chi connectivity index (χ3v) is 4.28. The molecule has 1 aliphatic heterocycles. The van der Waals surface area contributed by atoms with Crippen molar-refractivity contribution in [1.82, 2.24) is 4.90 Å². The van der Waals surface area contributed by atoms with E-state index in [0.29, 0.717) is 12.8 Å². The lowest BCUT2D eigenvalue weighted by Gasteiger charge is -2.30. The highest BCUT2D eigenvalue weighted by atomic mass is 19.4. The van der Waals surface area contributed by atoms with Gasteiger partial charge in [0.1, 0.15) is 0 Å². The van der Waals surface area contributed by atoms with Crippen LogP contribution in [0.1, 0.15) is 31.7 Å². The highest BCUT2D eigenvalue weighted by Gasteiger charge is 2.33. The van der Waals surface area contributed by atoms with Crippen molar-refractivity contribution in [3.05, 3.63) is 29.8 Å². The number of carbonyl (C=O) groups is 2. The summed E-state index contributed by atoms with van der Waals surface area (Å²) in [6.07, 6.45) is -2.92. The van der Waals surface area contributed by atoms with Crippen LogP contribution in [0, 0.1) is 5.92 Å². The smallest absolute Gasteiger partial charge is 0.422 e. The average molecular weight is 372 g/mol. The first-order valence-electron chi connectivity index (χ1n) is 8.67. The highest BCUT2D eigenvalue weighted by molar-refractivity contribution is 5.93. The second-order valence-electron chi connectivity index (χ2n) is 6.33. The number of alkyl halides is 3. The fraction of sp³-hybridized carbons (Fsp3) is 0.556. The number of anilines is 1. The molecule has 0 aliphatic carbocycles. The van der Waals surface area contributed by atoms with Crippen molar-refractivity contribution >= 4 is 17.7 Å². The van der Waals surface area contributed by atoms with Gasteiger partial charge in [0.05, 0.1) is 0 Å². The first-order chi connectivity index (χ1) is 12.3. The van der Waals surface area contributed by atoms with Gasteiger partial charge in [0, 0.05) is 24.7 Å². The molecule has 1 N–H and O–H groups in total. The van der Waals surface area contributed by atoms with Crippen molar-refractivity contribution < 1.29 is 27.5 Å². The number of hydrogen-bond donors (Lipinski definition) is 1. The van der Waals surface area contributed by atoms with E-state index in [0.717, 1.165) is 24.1 Å². The number of piperidine rings is 1. The van der Waals surface area contributed by atoms with Gasteiger partial charge in [0.25, 0.3) is 0 Å². The number of amides is 2. The molecule has 144 valence electrons. The molecule has 0 bridgehead atoms. The molecular weight excluding hydrogens is 349 g/mol. The van der Waals surface area contributed by atoms with Gasteiger partial charge in [-0.25, -0.2) is 4.79 Å². The summed E-state index contributed by atoms with van der Waals surface area (Å²) in [5, 5.41) is 2.93. The molecule has 0 atom stereocenters. The molecule has 1 heterocycles. The molecule has 1 saturated heterocycles. The number of carbonyl (C=O) groups excluding carboxylic acids is 2. The Bertz CT molecular complexity index is 626. The Balaban J connectivity index is 1.84. The number of ether oxygens (including phenoxy) is 1. The van der Waals surface area contributed by atoms with Gasteiger partial charge < -0.3 is 15.0 Å². The van der Waals surface area contributed by atoms with Crippen LogP contribution < -0.4 is 5.32 Å². The molecule has 0 saturated carbocycles. The van der Waals surface area contributed by atoms with Crippen LogP contribution in [-0.2, 0) is 16.0 Å². The topological polar surface area (TPSA) is 58.6 Å². The van der Waals surface area contributed by atoms with E-state index in [-0.39, 0.29) is 24.9 Å². The summed E-state index contributed by atoms with van der Waals surface area (Å²) >= 11 is 0. The van der Waals surface area contributed by atoms with E-state index in [2.05, 4.69) is 17.0 Å². The summed E-state index contributed by atoms with van der Waals surface area (Å²) in [5.41, 5.74) is 1.85. The minimum atomic E-state index is -4.54. The van der Waals surface area contributed by atoms with E-state index >= 15 is 0 Å². The molecule has 1 aromatic rings. The van der Waals surface area contributed by atoms with Gasteiger partial charge in [0.15, 0.2) is 6.61 Å². The molecule has 2 rings (SSSR count). The minimum absolute atomic E-state index is 0.128. The Morgan fingerprint density at radius 1 is 1.23 bits per heavy atom. The molecule has 0 unspecified atom stereocenters. The zero-order valence-electron chi connectivity index (χ0n) is 14.6. The molecule has 5 nitrogen and oxygen atoms in total. The predicted molar refractivity (Wildman–Crippen MR) is 90.8 cm³/mol. The fourth-order valence-electron chi connectivity index (χ4n) is 2.92. The van der Waals surface area contributed by atoms with Crippen LogP contribution in [-0.4, -0.2) is 42.8 Å². The third kappa shape index (κ3) is 5.93. The van der Waals surface area contributed by atoms with Crippen LogP contribution in [0.3, 0.4) is 0 Å². The lowest BCUT2D eigenvalue weighted by Crippen LogP contribution is -2.42. The molecule has 1 fully saturated rings. The van der Waals surface area contributed by atoms with Crippen molar-refractivity contribution in [3.8, 4) is 0 Å². The van der Waals surface area contributed by atoms with Gasteiger partial charge >= 0.3 is 12.3 Å². The monoisotopic (exact) mass is 372 g/mol. The Kier molecular flexibility index (Phi) is 6.88. The first kappa shape index (κ1) is 20.1. The Morgan fingerprint density at radius 2 is 1.88 bits per heavy atom. The first-order valence-corrected chi connectivity index (χ1v) is 8.67. The van der Waals surface area contributed by atoms with Gasteiger partial charge in [-0.3, -0.25) is 4.79 Å². The minimum Gasteiger partial charge on any atom is -0.440 e. The van der Waals surface area contributed by atoms with Gasteiger partial charge in [0.2, 0.25) is 5.91 Å². The number of nitrogens with one attached hydrogen (secondary N) is 1. The third-order valence-electron chi connectivity index (χ3n) is 4.28. The quantitative estimate of drug-likeness (QED) is 0.850. The van der Waals surface area contributed by atoms with Crippen LogP contribution in [0.15, 0.2) is 24.3 Å². The van der Waals surface area contributed by atoms with Gasteiger partial charge in [-0.2, -0.15) is 13.2 Å². The SMILES string of the molecule is CCCc1ccccc1NC(=O)C1CCN(C(=O)OCC(F)(F)F)CC1. The van der Waals surface area contributed by atoms with Crippen LogP contribution in [0.25, 0.3) is 0 Å². The second-order valence-corrected chi connectivity index (χ2v) is 6.33. The summed E-state index contributed by atoms with van der Waals surface area (Å²) in [6.45, 7) is 0.865. The molecule has 1 aliphatic rings. The lowest BCUT2D eigenvalue weighted by molar-refractivity contribution is -0.162. The Hall–Kier alpha value is -2.25. The van der Waals surface area contributed by atoms with Crippen molar-refractivity contribution in [2.24, 2.45) is 5.92 Å². The van der Waals surface area contributed by atoms with Crippen LogP contribution in [0.5, 0.6) is 0 Å². The molecule has 8 heteroatoms. The zero-order valence-corrected chi connectivity index (χ0v) is 14.6. The summed E-state index contributed by atoms with van der Waals surface area (Å²) < 4.78 is 40.5. The second kappa shape index (κ2) is 8.91. The summed E-state index contributed by atoms with van der Waals surface area (Å²) in [4.78, 5) is 25.3. The standard InChI is InChI=1S/C18H23F3N2O3/c1-2-5-13-6-3-4-7-15(13)22-16(24)14-8-10-23(11-9-14)17(25)26-12-18(19,20)21/h3-4,6-7,14H,2,5,8-12H2,1H3,(H,22,24). The average Bonchev–Trinajstić information content (AvgIpc) is 2.61. The van der Waals surface area contributed by atoms with Crippen LogP contribution in [0.2, 0.25) is 0 Å². The number of likely N-dealkylation sites (tertiary alicyclic amines) is 1. The van der Waals surface area contributed by atoms with E-state index in [4.69, 9.17) is 0 Å². The maximum absolute atomic E-state index is 12.5. The van der Waals surface area contributed by atoms with E-state index < -0.39 is 18.9 Å². The largest absolute Gasteiger partial charge is 0.440 e. The molecule has 2 amide bonds. The number of benzene rings is 1. The summed E-state index contributed by atoms with van der Waals surface area (Å²) in [5.74, 6) is -0.409. The number of aryl methyl sites for hydroxylation is 1. The van der Waals surface area contributed by atoms with E-state index in [1.165, 1.54) is 4.90 Å². The molecule has 1 aromatic carbocycles. The van der Waals surface area contributed by atoms with Crippen molar-refractivity contribution in [2.45, 2.75) is 38.8 Å². The zero-order chi connectivity index (χ0) is 19.2. The number of nitrogens with zero attached hydrogens (tertiary/aromatic N) is 1. The van der Waals surface area contributed by atoms with Crippen molar-refractivity contribution in [1.29, 1.82) is 0 Å². The highest BCUT2D eigenvalue weighted by Crippen LogP contribution is 2.23. The molecular formula is C18H23F3N2O3. The molecule has 0 radical (unpaired) electrons. The van der Waals surface area contributed by atoms with Crippen molar-refractivity contribution in [3.63, 3.8) is 0 Å². The molecule has 26 heavy (non-hydrogen) atoms. The van der Waals surface area contributed by atoms with Crippen LogP contribution in [0.4, 0.5) is 23.7 Å².